The van der Waals surface area contributed by atoms with E-state index in [-0.39, 0.29) is 17.0 Å². The van der Waals surface area contributed by atoms with Crippen LogP contribution in [0.1, 0.15) is 42.1 Å². The molecule has 1 aromatic heterocycles. The van der Waals surface area contributed by atoms with Gasteiger partial charge >= 0.3 is 5.97 Å². The van der Waals surface area contributed by atoms with Crippen LogP contribution in [-0.2, 0) is 7.05 Å². The molecule has 100 valence electrons. The van der Waals surface area contributed by atoms with Gasteiger partial charge in [0, 0.05) is 13.1 Å². The van der Waals surface area contributed by atoms with Crippen LogP contribution in [0.25, 0.3) is 10.9 Å². The van der Waals surface area contributed by atoms with Gasteiger partial charge in [0.25, 0.3) is 5.56 Å². The average Bonchev–Trinajstić information content (AvgIpc) is 2.40. The Labute approximate surface area is 111 Å². The molecule has 1 N–H and O–H groups in total. The second-order valence-corrected chi connectivity index (χ2v) is 4.85. The van der Waals surface area contributed by atoms with E-state index in [0.29, 0.717) is 0 Å². The number of benzene rings is 1. The van der Waals surface area contributed by atoms with Gasteiger partial charge in [0.15, 0.2) is 0 Å². The van der Waals surface area contributed by atoms with E-state index < -0.39 is 5.97 Å². The van der Waals surface area contributed by atoms with Crippen molar-refractivity contribution in [3.05, 3.63) is 45.7 Å². The van der Waals surface area contributed by atoms with Crippen LogP contribution in [0.3, 0.4) is 0 Å². The highest BCUT2D eigenvalue weighted by atomic mass is 16.4. The van der Waals surface area contributed by atoms with Crippen molar-refractivity contribution in [3.8, 4) is 0 Å². The predicted molar refractivity (Wildman–Crippen MR) is 74.9 cm³/mol. The fraction of sp³-hybridized carbons (Fsp3) is 0.333. The Balaban J connectivity index is 2.90. The number of rotatable bonds is 3. The number of pyridine rings is 1. The molecular formula is C15H17NO3. The van der Waals surface area contributed by atoms with Gasteiger partial charge < -0.3 is 9.67 Å². The van der Waals surface area contributed by atoms with Crippen LogP contribution in [0.4, 0.5) is 0 Å². The molecule has 19 heavy (non-hydrogen) atoms. The van der Waals surface area contributed by atoms with E-state index in [2.05, 4.69) is 0 Å². The summed E-state index contributed by atoms with van der Waals surface area (Å²) < 4.78 is 1.59. The van der Waals surface area contributed by atoms with Crippen molar-refractivity contribution >= 4 is 16.9 Å². The zero-order chi connectivity index (χ0) is 14.2. The second kappa shape index (κ2) is 4.88. The number of carbonyl (C=O) groups is 1. The molecule has 0 bridgehead atoms. The number of aryl methyl sites for hydroxylation is 1. The van der Waals surface area contributed by atoms with Gasteiger partial charge in [-0.2, -0.15) is 0 Å². The van der Waals surface area contributed by atoms with Crippen LogP contribution in [0, 0.1) is 0 Å². The summed E-state index contributed by atoms with van der Waals surface area (Å²) in [4.78, 5) is 23.0. The SMILES string of the molecule is CCC(C)c1cc(C(=O)O)cc2ccc(=O)n(C)c12. The molecule has 0 amide bonds. The maximum Gasteiger partial charge on any atom is 0.335 e. The van der Waals surface area contributed by atoms with E-state index in [4.69, 9.17) is 0 Å². The first-order chi connectivity index (χ1) is 8.95. The maximum atomic E-state index is 11.8. The quantitative estimate of drug-likeness (QED) is 0.922. The first-order valence-corrected chi connectivity index (χ1v) is 6.32. The number of carboxylic acids is 1. The molecule has 0 saturated heterocycles. The first kappa shape index (κ1) is 13.3. The van der Waals surface area contributed by atoms with Gasteiger partial charge in [0.2, 0.25) is 0 Å². The molecule has 0 saturated carbocycles. The highest BCUT2D eigenvalue weighted by molar-refractivity contribution is 5.95. The van der Waals surface area contributed by atoms with Crippen molar-refractivity contribution < 1.29 is 9.90 Å². The number of carboxylic acid groups (broad SMARTS) is 1. The highest BCUT2D eigenvalue weighted by Crippen LogP contribution is 2.28. The van der Waals surface area contributed by atoms with E-state index in [9.17, 15) is 14.7 Å². The van der Waals surface area contributed by atoms with E-state index in [0.717, 1.165) is 22.9 Å². The normalized spacial score (nSPS) is 12.6. The highest BCUT2D eigenvalue weighted by Gasteiger charge is 2.15. The molecule has 1 heterocycles. The number of hydrogen-bond acceptors (Lipinski definition) is 2. The molecule has 0 radical (unpaired) electrons. The van der Waals surface area contributed by atoms with Gasteiger partial charge in [-0.15, -0.1) is 0 Å². The molecule has 0 aliphatic rings. The van der Waals surface area contributed by atoms with Crippen LogP contribution in [0.5, 0.6) is 0 Å². The standard InChI is InChI=1S/C15H17NO3/c1-4-9(2)12-8-11(15(18)19)7-10-5-6-13(17)16(3)14(10)12/h5-9H,4H2,1-3H3,(H,18,19). The minimum absolute atomic E-state index is 0.0832. The summed E-state index contributed by atoms with van der Waals surface area (Å²) in [6.07, 6.45) is 0.890. The van der Waals surface area contributed by atoms with Gasteiger partial charge in [0.1, 0.15) is 0 Å². The van der Waals surface area contributed by atoms with E-state index >= 15 is 0 Å². The lowest BCUT2D eigenvalue weighted by atomic mass is 9.93. The van der Waals surface area contributed by atoms with Crippen molar-refractivity contribution in [1.29, 1.82) is 0 Å². The Bertz CT molecular complexity index is 700. The lowest BCUT2D eigenvalue weighted by Crippen LogP contribution is -2.17. The summed E-state index contributed by atoms with van der Waals surface area (Å²) in [6.45, 7) is 4.09. The molecule has 1 atom stereocenters. The molecule has 1 unspecified atom stereocenters. The van der Waals surface area contributed by atoms with Gasteiger partial charge in [-0.1, -0.05) is 13.8 Å². The minimum atomic E-state index is -0.944. The summed E-state index contributed by atoms with van der Waals surface area (Å²) in [7, 11) is 1.72. The largest absolute Gasteiger partial charge is 0.478 e. The number of aromatic nitrogens is 1. The van der Waals surface area contributed by atoms with Crippen LogP contribution < -0.4 is 5.56 Å². The molecule has 0 spiro atoms. The van der Waals surface area contributed by atoms with Crippen LogP contribution in [0.2, 0.25) is 0 Å². The van der Waals surface area contributed by atoms with E-state index in [1.807, 2.05) is 13.8 Å². The zero-order valence-electron chi connectivity index (χ0n) is 11.3. The molecule has 0 aliphatic heterocycles. The topological polar surface area (TPSA) is 59.3 Å². The van der Waals surface area contributed by atoms with Crippen LogP contribution >= 0.6 is 0 Å². The van der Waals surface area contributed by atoms with Gasteiger partial charge in [-0.3, -0.25) is 4.79 Å². The summed E-state index contributed by atoms with van der Waals surface area (Å²) in [5, 5.41) is 9.97. The lowest BCUT2D eigenvalue weighted by Gasteiger charge is -2.16. The maximum absolute atomic E-state index is 11.8. The monoisotopic (exact) mass is 259 g/mol. The fourth-order valence-corrected chi connectivity index (χ4v) is 2.30. The van der Waals surface area contributed by atoms with Crippen LogP contribution in [0.15, 0.2) is 29.1 Å². The second-order valence-electron chi connectivity index (χ2n) is 4.85. The van der Waals surface area contributed by atoms with Crippen molar-refractivity contribution in [2.45, 2.75) is 26.2 Å². The smallest absolute Gasteiger partial charge is 0.335 e. The summed E-state index contributed by atoms with van der Waals surface area (Å²) >= 11 is 0. The van der Waals surface area contributed by atoms with E-state index in [1.165, 1.54) is 6.07 Å². The first-order valence-electron chi connectivity index (χ1n) is 6.32. The molecule has 1 aromatic carbocycles. The predicted octanol–water partition coefficient (Wildman–Crippen LogP) is 2.75. The molecule has 0 aliphatic carbocycles. The van der Waals surface area contributed by atoms with Crippen molar-refractivity contribution in [2.24, 2.45) is 7.05 Å². The van der Waals surface area contributed by atoms with Crippen molar-refractivity contribution in [1.82, 2.24) is 4.57 Å². The van der Waals surface area contributed by atoms with Gasteiger partial charge in [-0.25, -0.2) is 4.79 Å². The fourth-order valence-electron chi connectivity index (χ4n) is 2.30. The molecule has 0 fully saturated rings. The van der Waals surface area contributed by atoms with Crippen molar-refractivity contribution in [3.63, 3.8) is 0 Å². The average molecular weight is 259 g/mol. The van der Waals surface area contributed by atoms with Gasteiger partial charge in [-0.05, 0) is 41.5 Å². The van der Waals surface area contributed by atoms with Gasteiger partial charge in [0.05, 0.1) is 11.1 Å². The molecule has 4 nitrogen and oxygen atoms in total. The lowest BCUT2D eigenvalue weighted by molar-refractivity contribution is 0.0697. The zero-order valence-corrected chi connectivity index (χ0v) is 11.3. The Morgan fingerprint density at radius 1 is 1.37 bits per heavy atom. The van der Waals surface area contributed by atoms with Crippen LogP contribution in [-0.4, -0.2) is 15.6 Å². The molecular weight excluding hydrogens is 242 g/mol. The third-order valence-corrected chi connectivity index (χ3v) is 3.63. The molecule has 2 aromatic rings. The minimum Gasteiger partial charge on any atom is -0.478 e. The van der Waals surface area contributed by atoms with Crippen molar-refractivity contribution in [2.75, 3.05) is 0 Å². The third kappa shape index (κ3) is 2.26. The number of aromatic carboxylic acids is 1. The number of fused-ring (bicyclic) bond motifs is 1. The number of hydrogen-bond donors (Lipinski definition) is 1. The Morgan fingerprint density at radius 3 is 2.63 bits per heavy atom. The molecule has 2 rings (SSSR count). The summed E-state index contributed by atoms with van der Waals surface area (Å²) in [5.41, 5.74) is 1.92. The Kier molecular flexibility index (Phi) is 3.42. The Morgan fingerprint density at radius 2 is 2.05 bits per heavy atom. The third-order valence-electron chi connectivity index (χ3n) is 3.63. The number of nitrogens with zero attached hydrogens (tertiary/aromatic N) is 1. The molecule has 4 heteroatoms. The Hall–Kier alpha value is -2.10. The summed E-state index contributed by atoms with van der Waals surface area (Å²) in [6, 6.07) is 6.45. The summed E-state index contributed by atoms with van der Waals surface area (Å²) in [5.74, 6) is -0.741. The van der Waals surface area contributed by atoms with E-state index in [1.54, 1.807) is 29.8 Å².